The summed E-state index contributed by atoms with van der Waals surface area (Å²) in [5.41, 5.74) is 1.97. The lowest BCUT2D eigenvalue weighted by Gasteiger charge is -2.11. The molecule has 3 amide bonds. The highest BCUT2D eigenvalue weighted by Crippen LogP contribution is 2.24. The van der Waals surface area contributed by atoms with Gasteiger partial charge in [-0.1, -0.05) is 41.6 Å². The molecule has 0 aliphatic heterocycles. The van der Waals surface area contributed by atoms with Crippen LogP contribution < -0.4 is 16.5 Å². The van der Waals surface area contributed by atoms with E-state index in [1.807, 2.05) is 31.2 Å². The van der Waals surface area contributed by atoms with Crippen molar-refractivity contribution >= 4 is 23.7 Å². The van der Waals surface area contributed by atoms with Crippen molar-refractivity contribution in [1.29, 1.82) is 0 Å². The molecule has 1 unspecified atom stereocenters. The molecule has 2 aromatic rings. The van der Waals surface area contributed by atoms with Crippen LogP contribution >= 0.6 is 11.8 Å². The number of rotatable bonds is 5. The van der Waals surface area contributed by atoms with Crippen molar-refractivity contribution in [3.05, 3.63) is 29.8 Å². The molecule has 0 fully saturated rings. The van der Waals surface area contributed by atoms with E-state index < -0.39 is 17.2 Å². The number of hydrogen-bond acceptors (Lipinski definition) is 6. The van der Waals surface area contributed by atoms with Gasteiger partial charge in [-0.15, -0.1) is 10.2 Å². The summed E-state index contributed by atoms with van der Waals surface area (Å²) in [7, 11) is 0. The number of amides is 3. The van der Waals surface area contributed by atoms with Crippen molar-refractivity contribution in [2.75, 3.05) is 12.4 Å². The summed E-state index contributed by atoms with van der Waals surface area (Å²) in [6, 6.07) is 7.20. The summed E-state index contributed by atoms with van der Waals surface area (Å²) in [5, 5.41) is 12.7. The van der Waals surface area contributed by atoms with Crippen molar-refractivity contribution in [2.24, 2.45) is 0 Å². The normalized spacial score (nSPS) is 11.8. The monoisotopic (exact) mass is 348 g/mol. The molecule has 8 nitrogen and oxygen atoms in total. The SMILES string of the molecule is CCNC(=O)NC(=O)C(C)Sc1nnc(-c2ccc(C)cc2)n1N. The number of carbonyl (C=O) groups excluding carboxylic acids is 2. The van der Waals surface area contributed by atoms with Crippen molar-refractivity contribution in [2.45, 2.75) is 31.2 Å². The smallest absolute Gasteiger partial charge is 0.321 e. The second kappa shape index (κ2) is 7.82. The molecule has 1 aromatic carbocycles. The number of hydrogen-bond donors (Lipinski definition) is 3. The van der Waals surface area contributed by atoms with Gasteiger partial charge in [-0.05, 0) is 20.8 Å². The minimum Gasteiger partial charge on any atom is -0.338 e. The molecular weight excluding hydrogens is 328 g/mol. The lowest BCUT2D eigenvalue weighted by atomic mass is 10.1. The largest absolute Gasteiger partial charge is 0.338 e. The third-order valence-electron chi connectivity index (χ3n) is 3.20. The number of urea groups is 1. The number of nitrogens with two attached hydrogens (primary N) is 1. The molecule has 0 aliphatic rings. The highest BCUT2D eigenvalue weighted by molar-refractivity contribution is 8.00. The van der Waals surface area contributed by atoms with Gasteiger partial charge < -0.3 is 11.2 Å². The van der Waals surface area contributed by atoms with Gasteiger partial charge in [0.05, 0.1) is 5.25 Å². The molecule has 1 atom stereocenters. The highest BCUT2D eigenvalue weighted by Gasteiger charge is 2.21. The predicted molar refractivity (Wildman–Crippen MR) is 92.9 cm³/mol. The Hall–Kier alpha value is -2.55. The Bertz CT molecular complexity index is 728. The molecule has 4 N–H and O–H groups in total. The Kier molecular flexibility index (Phi) is 5.80. The number of nitrogen functional groups attached to an aromatic ring is 1. The average Bonchev–Trinajstić information content (AvgIpc) is 2.89. The predicted octanol–water partition coefficient (Wildman–Crippen LogP) is 1.29. The van der Waals surface area contributed by atoms with Gasteiger partial charge >= 0.3 is 6.03 Å². The van der Waals surface area contributed by atoms with Crippen LogP contribution in [0.4, 0.5) is 4.79 Å². The molecule has 0 spiro atoms. The fraction of sp³-hybridized carbons (Fsp3) is 0.333. The van der Waals surface area contributed by atoms with E-state index in [-0.39, 0.29) is 0 Å². The molecule has 0 radical (unpaired) electrons. The number of benzene rings is 1. The second-order valence-corrected chi connectivity index (χ2v) is 6.46. The standard InChI is InChI=1S/C15H20N6O2S/c1-4-17-14(23)18-13(22)10(3)24-15-20-19-12(21(15)16)11-7-5-9(2)6-8-11/h5-8,10H,4,16H2,1-3H3,(H2,17,18,22,23). The van der Waals surface area contributed by atoms with Crippen molar-refractivity contribution in [3.63, 3.8) is 0 Å². The zero-order valence-corrected chi connectivity index (χ0v) is 14.6. The lowest BCUT2D eigenvalue weighted by molar-refractivity contribution is -0.119. The van der Waals surface area contributed by atoms with Gasteiger partial charge in [0, 0.05) is 12.1 Å². The first kappa shape index (κ1) is 17.8. The fourth-order valence-electron chi connectivity index (χ4n) is 1.89. The number of imide groups is 1. The third-order valence-corrected chi connectivity index (χ3v) is 4.26. The summed E-state index contributed by atoms with van der Waals surface area (Å²) in [6.45, 7) is 5.87. The zero-order chi connectivity index (χ0) is 17.7. The van der Waals surface area contributed by atoms with Crippen molar-refractivity contribution < 1.29 is 9.59 Å². The summed E-state index contributed by atoms with van der Waals surface area (Å²) in [4.78, 5) is 23.4. The molecule has 0 saturated carbocycles. The summed E-state index contributed by atoms with van der Waals surface area (Å²) in [6.07, 6.45) is 0. The Balaban J connectivity index is 2.07. The van der Waals surface area contributed by atoms with E-state index >= 15 is 0 Å². The van der Waals surface area contributed by atoms with E-state index in [1.54, 1.807) is 13.8 Å². The van der Waals surface area contributed by atoms with Gasteiger partial charge in [0.15, 0.2) is 5.82 Å². The van der Waals surface area contributed by atoms with Gasteiger partial charge in [-0.3, -0.25) is 10.1 Å². The van der Waals surface area contributed by atoms with Crippen LogP contribution in [0.15, 0.2) is 29.4 Å². The van der Waals surface area contributed by atoms with Gasteiger partial charge in [-0.25, -0.2) is 9.47 Å². The Morgan fingerprint density at radius 2 is 1.96 bits per heavy atom. The Morgan fingerprint density at radius 1 is 1.29 bits per heavy atom. The van der Waals surface area contributed by atoms with Gasteiger partial charge in [0.1, 0.15) is 0 Å². The maximum Gasteiger partial charge on any atom is 0.321 e. The number of aryl methyl sites for hydroxylation is 1. The first-order valence-corrected chi connectivity index (χ1v) is 8.33. The average molecular weight is 348 g/mol. The summed E-state index contributed by atoms with van der Waals surface area (Å²) < 4.78 is 1.34. The molecular formula is C15H20N6O2S. The minimum atomic E-state index is -0.551. The molecule has 0 bridgehead atoms. The van der Waals surface area contributed by atoms with E-state index in [0.717, 1.165) is 22.9 Å². The molecule has 0 saturated heterocycles. The number of carbonyl (C=O) groups is 2. The first-order valence-electron chi connectivity index (χ1n) is 7.45. The van der Waals surface area contributed by atoms with Crippen LogP contribution in [0, 0.1) is 6.92 Å². The zero-order valence-electron chi connectivity index (χ0n) is 13.7. The number of nitrogens with zero attached hydrogens (tertiary/aromatic N) is 3. The van der Waals surface area contributed by atoms with Crippen LogP contribution in [0.2, 0.25) is 0 Å². The van der Waals surface area contributed by atoms with Gasteiger partial charge in [0.2, 0.25) is 11.1 Å². The maximum atomic E-state index is 12.0. The molecule has 0 aliphatic carbocycles. The van der Waals surface area contributed by atoms with E-state index in [2.05, 4.69) is 20.8 Å². The molecule has 9 heteroatoms. The van der Waals surface area contributed by atoms with E-state index in [4.69, 9.17) is 5.84 Å². The quantitative estimate of drug-likeness (QED) is 0.554. The molecule has 128 valence electrons. The lowest BCUT2D eigenvalue weighted by Crippen LogP contribution is -2.42. The minimum absolute atomic E-state index is 0.393. The first-order chi connectivity index (χ1) is 11.4. The molecule has 1 aromatic heterocycles. The number of aromatic nitrogens is 3. The summed E-state index contributed by atoms with van der Waals surface area (Å²) in [5.74, 6) is 6.11. The number of nitrogens with one attached hydrogen (secondary N) is 2. The fourth-order valence-corrected chi connectivity index (χ4v) is 2.66. The van der Waals surface area contributed by atoms with E-state index in [9.17, 15) is 9.59 Å². The van der Waals surface area contributed by atoms with Crippen molar-refractivity contribution in [1.82, 2.24) is 25.5 Å². The van der Waals surface area contributed by atoms with E-state index in [1.165, 1.54) is 4.68 Å². The Morgan fingerprint density at radius 3 is 2.58 bits per heavy atom. The molecule has 24 heavy (non-hydrogen) atoms. The van der Waals surface area contributed by atoms with Crippen LogP contribution in [0.5, 0.6) is 0 Å². The second-order valence-electron chi connectivity index (χ2n) is 5.15. The summed E-state index contributed by atoms with van der Waals surface area (Å²) >= 11 is 1.13. The van der Waals surface area contributed by atoms with Crippen LogP contribution in [-0.2, 0) is 4.79 Å². The Labute approximate surface area is 144 Å². The van der Waals surface area contributed by atoms with Crippen LogP contribution in [-0.4, -0.2) is 38.6 Å². The van der Waals surface area contributed by atoms with Crippen LogP contribution in [0.25, 0.3) is 11.4 Å². The number of thioether (sulfide) groups is 1. The maximum absolute atomic E-state index is 12.0. The van der Waals surface area contributed by atoms with Crippen LogP contribution in [0.1, 0.15) is 19.4 Å². The van der Waals surface area contributed by atoms with E-state index in [0.29, 0.717) is 17.5 Å². The van der Waals surface area contributed by atoms with Gasteiger partial charge in [-0.2, -0.15) is 0 Å². The van der Waals surface area contributed by atoms with Crippen LogP contribution in [0.3, 0.4) is 0 Å². The third kappa shape index (κ3) is 4.25. The van der Waals surface area contributed by atoms with Gasteiger partial charge in [0.25, 0.3) is 0 Å². The topological polar surface area (TPSA) is 115 Å². The molecule has 1 heterocycles. The van der Waals surface area contributed by atoms with Crippen molar-refractivity contribution in [3.8, 4) is 11.4 Å². The highest BCUT2D eigenvalue weighted by atomic mass is 32.2. The molecule has 2 rings (SSSR count).